The Morgan fingerprint density at radius 1 is 1.30 bits per heavy atom. The molecule has 2 unspecified atom stereocenters. The number of nitrogens with one attached hydrogen (secondary N) is 1. The van der Waals surface area contributed by atoms with Crippen LogP contribution in [0.4, 0.5) is 0 Å². The Morgan fingerprint density at radius 2 is 2.10 bits per heavy atom. The van der Waals surface area contributed by atoms with Crippen LogP contribution >= 0.6 is 0 Å². The number of amides is 1. The standard InChI is InChI=1S/C16H20N2O2/c1-10-6-7-14-11(8-10)9-15(20-14)16(19)18-13-5-3-2-4-12(13)17/h6-9,12-13H,2-5,17H2,1H3,(H,18,19). The lowest BCUT2D eigenvalue weighted by molar-refractivity contribution is 0.0895. The summed E-state index contributed by atoms with van der Waals surface area (Å²) in [7, 11) is 0. The first-order valence-electron chi connectivity index (χ1n) is 7.20. The minimum Gasteiger partial charge on any atom is -0.451 e. The zero-order valence-electron chi connectivity index (χ0n) is 11.7. The van der Waals surface area contributed by atoms with Gasteiger partial charge < -0.3 is 15.5 Å². The van der Waals surface area contributed by atoms with E-state index in [4.69, 9.17) is 10.2 Å². The second kappa shape index (κ2) is 5.29. The van der Waals surface area contributed by atoms with E-state index in [2.05, 4.69) is 5.32 Å². The summed E-state index contributed by atoms with van der Waals surface area (Å²) in [5.41, 5.74) is 7.95. The molecule has 1 aromatic heterocycles. The van der Waals surface area contributed by atoms with Gasteiger partial charge in [0.25, 0.3) is 5.91 Å². The Balaban J connectivity index is 1.78. The molecule has 1 aliphatic rings. The Labute approximate surface area is 118 Å². The highest BCUT2D eigenvalue weighted by atomic mass is 16.3. The van der Waals surface area contributed by atoms with Crippen LogP contribution < -0.4 is 11.1 Å². The Bertz CT molecular complexity index is 632. The van der Waals surface area contributed by atoms with E-state index in [0.29, 0.717) is 5.76 Å². The lowest BCUT2D eigenvalue weighted by Gasteiger charge is -2.28. The molecule has 1 aliphatic carbocycles. The molecule has 0 aliphatic heterocycles. The summed E-state index contributed by atoms with van der Waals surface area (Å²) in [4.78, 5) is 12.3. The van der Waals surface area contributed by atoms with Gasteiger partial charge in [-0.05, 0) is 38.0 Å². The minimum atomic E-state index is -0.166. The summed E-state index contributed by atoms with van der Waals surface area (Å²) in [6.45, 7) is 2.02. The smallest absolute Gasteiger partial charge is 0.287 e. The molecule has 3 N–H and O–H groups in total. The summed E-state index contributed by atoms with van der Waals surface area (Å²) < 4.78 is 5.61. The van der Waals surface area contributed by atoms with Crippen LogP contribution in [0.2, 0.25) is 0 Å². The van der Waals surface area contributed by atoms with E-state index in [9.17, 15) is 4.79 Å². The van der Waals surface area contributed by atoms with Gasteiger partial charge in [-0.1, -0.05) is 24.5 Å². The summed E-state index contributed by atoms with van der Waals surface area (Å²) >= 11 is 0. The maximum absolute atomic E-state index is 12.3. The Kier molecular flexibility index (Phi) is 3.49. The molecule has 1 amide bonds. The number of nitrogens with two attached hydrogens (primary N) is 1. The van der Waals surface area contributed by atoms with E-state index in [1.807, 2.05) is 25.1 Å². The fourth-order valence-corrected chi connectivity index (χ4v) is 2.85. The second-order valence-corrected chi connectivity index (χ2v) is 5.68. The van der Waals surface area contributed by atoms with Gasteiger partial charge in [0.05, 0.1) is 0 Å². The molecule has 1 fully saturated rings. The van der Waals surface area contributed by atoms with Gasteiger partial charge in [0, 0.05) is 17.5 Å². The third kappa shape index (κ3) is 2.56. The van der Waals surface area contributed by atoms with Gasteiger partial charge >= 0.3 is 0 Å². The van der Waals surface area contributed by atoms with Gasteiger partial charge in [-0.2, -0.15) is 0 Å². The summed E-state index contributed by atoms with van der Waals surface area (Å²) in [5.74, 6) is 0.199. The van der Waals surface area contributed by atoms with E-state index in [1.54, 1.807) is 6.07 Å². The quantitative estimate of drug-likeness (QED) is 0.883. The first-order chi connectivity index (χ1) is 9.63. The average Bonchev–Trinajstić information content (AvgIpc) is 2.84. The van der Waals surface area contributed by atoms with Crippen LogP contribution in [0, 0.1) is 6.92 Å². The zero-order chi connectivity index (χ0) is 14.1. The number of furan rings is 1. The molecule has 20 heavy (non-hydrogen) atoms. The zero-order valence-corrected chi connectivity index (χ0v) is 11.7. The largest absolute Gasteiger partial charge is 0.451 e. The summed E-state index contributed by atoms with van der Waals surface area (Å²) in [6.07, 6.45) is 4.20. The predicted molar refractivity (Wildman–Crippen MR) is 78.6 cm³/mol. The maximum Gasteiger partial charge on any atom is 0.287 e. The molecule has 3 rings (SSSR count). The van der Waals surface area contributed by atoms with Crippen LogP contribution in [0.15, 0.2) is 28.7 Å². The van der Waals surface area contributed by atoms with E-state index in [1.165, 1.54) is 0 Å². The van der Waals surface area contributed by atoms with Gasteiger partial charge in [0.15, 0.2) is 5.76 Å². The van der Waals surface area contributed by atoms with Crippen molar-refractivity contribution < 1.29 is 9.21 Å². The molecule has 0 radical (unpaired) electrons. The topological polar surface area (TPSA) is 68.3 Å². The van der Waals surface area contributed by atoms with Crippen molar-refractivity contribution in [1.29, 1.82) is 0 Å². The van der Waals surface area contributed by atoms with E-state index < -0.39 is 0 Å². The van der Waals surface area contributed by atoms with E-state index >= 15 is 0 Å². The van der Waals surface area contributed by atoms with Crippen molar-refractivity contribution in [2.24, 2.45) is 5.73 Å². The third-order valence-electron chi connectivity index (χ3n) is 4.03. The van der Waals surface area contributed by atoms with Gasteiger partial charge in [-0.3, -0.25) is 4.79 Å². The fraction of sp³-hybridized carbons (Fsp3) is 0.438. The molecular weight excluding hydrogens is 252 g/mol. The number of carbonyl (C=O) groups is 1. The van der Waals surface area contributed by atoms with E-state index in [0.717, 1.165) is 42.2 Å². The van der Waals surface area contributed by atoms with Crippen molar-refractivity contribution in [3.63, 3.8) is 0 Å². The first-order valence-corrected chi connectivity index (χ1v) is 7.20. The molecule has 0 bridgehead atoms. The molecule has 1 heterocycles. The number of benzene rings is 1. The SMILES string of the molecule is Cc1ccc2oc(C(=O)NC3CCCCC3N)cc2c1. The molecule has 2 aromatic rings. The summed E-state index contributed by atoms with van der Waals surface area (Å²) in [5, 5.41) is 3.96. The third-order valence-corrected chi connectivity index (χ3v) is 4.03. The van der Waals surface area contributed by atoms with Gasteiger partial charge in [0.2, 0.25) is 0 Å². The molecule has 1 aromatic carbocycles. The second-order valence-electron chi connectivity index (χ2n) is 5.68. The average molecular weight is 272 g/mol. The molecule has 2 atom stereocenters. The van der Waals surface area contributed by atoms with Crippen LogP contribution in [-0.4, -0.2) is 18.0 Å². The monoisotopic (exact) mass is 272 g/mol. The highest BCUT2D eigenvalue weighted by Crippen LogP contribution is 2.22. The molecule has 0 saturated heterocycles. The molecular formula is C16H20N2O2. The number of carbonyl (C=O) groups excluding carboxylic acids is 1. The Hall–Kier alpha value is -1.81. The van der Waals surface area contributed by atoms with Crippen LogP contribution in [0.25, 0.3) is 11.0 Å². The van der Waals surface area contributed by atoms with Crippen molar-refractivity contribution >= 4 is 16.9 Å². The summed E-state index contributed by atoms with van der Waals surface area (Å²) in [6, 6.07) is 7.80. The van der Waals surface area contributed by atoms with Crippen molar-refractivity contribution in [3.8, 4) is 0 Å². The molecule has 4 heteroatoms. The lowest BCUT2D eigenvalue weighted by atomic mass is 9.91. The van der Waals surface area contributed by atoms with Gasteiger partial charge in [0.1, 0.15) is 5.58 Å². The van der Waals surface area contributed by atoms with Crippen LogP contribution in [0.5, 0.6) is 0 Å². The number of hydrogen-bond donors (Lipinski definition) is 2. The highest BCUT2D eigenvalue weighted by Gasteiger charge is 2.24. The van der Waals surface area contributed by atoms with Crippen LogP contribution in [0.1, 0.15) is 41.8 Å². The lowest BCUT2D eigenvalue weighted by Crippen LogP contribution is -2.49. The van der Waals surface area contributed by atoms with Crippen molar-refractivity contribution in [3.05, 3.63) is 35.6 Å². The highest BCUT2D eigenvalue weighted by molar-refractivity contribution is 5.96. The number of fused-ring (bicyclic) bond motifs is 1. The van der Waals surface area contributed by atoms with E-state index in [-0.39, 0.29) is 18.0 Å². The van der Waals surface area contributed by atoms with Crippen molar-refractivity contribution in [2.75, 3.05) is 0 Å². The predicted octanol–water partition coefficient (Wildman–Crippen LogP) is 2.74. The number of aryl methyl sites for hydroxylation is 1. The van der Waals surface area contributed by atoms with Gasteiger partial charge in [-0.15, -0.1) is 0 Å². The van der Waals surface area contributed by atoms with Crippen molar-refractivity contribution in [2.45, 2.75) is 44.7 Å². The molecule has 106 valence electrons. The molecule has 4 nitrogen and oxygen atoms in total. The number of hydrogen-bond acceptors (Lipinski definition) is 3. The van der Waals surface area contributed by atoms with Gasteiger partial charge in [-0.25, -0.2) is 0 Å². The minimum absolute atomic E-state index is 0.0549. The fourth-order valence-electron chi connectivity index (χ4n) is 2.85. The first kappa shape index (κ1) is 13.2. The normalized spacial score (nSPS) is 22.9. The van der Waals surface area contributed by atoms with Crippen LogP contribution in [0.3, 0.4) is 0 Å². The Morgan fingerprint density at radius 3 is 2.90 bits per heavy atom. The molecule has 0 spiro atoms. The molecule has 1 saturated carbocycles. The maximum atomic E-state index is 12.3. The van der Waals surface area contributed by atoms with Crippen LogP contribution in [-0.2, 0) is 0 Å². The van der Waals surface area contributed by atoms with Crippen molar-refractivity contribution in [1.82, 2.24) is 5.32 Å². The number of rotatable bonds is 2.